The Morgan fingerprint density at radius 2 is 2.28 bits per heavy atom. The van der Waals surface area contributed by atoms with Crippen molar-refractivity contribution in [2.75, 3.05) is 0 Å². The number of hydrogen-bond acceptors (Lipinski definition) is 6. The first-order valence-corrected chi connectivity index (χ1v) is 5.36. The van der Waals surface area contributed by atoms with Crippen molar-refractivity contribution in [3.05, 3.63) is 36.1 Å². The van der Waals surface area contributed by atoms with Crippen LogP contribution in [-0.4, -0.2) is 44.6 Å². The molecule has 2 aliphatic rings. The summed E-state index contributed by atoms with van der Waals surface area (Å²) in [5, 5.41) is 28.2. The SMILES string of the molecule is NC(=O)C1=CN([C@@H]2O/C(=C/O)[C@@H](O)[C@H]2O)C=CC1. The molecule has 7 heteroatoms. The molecule has 3 atom stereocenters. The summed E-state index contributed by atoms with van der Waals surface area (Å²) in [4.78, 5) is 12.5. The molecule has 1 saturated heterocycles. The van der Waals surface area contributed by atoms with Gasteiger partial charge in [0, 0.05) is 18.0 Å². The van der Waals surface area contributed by atoms with Gasteiger partial charge in [-0.2, -0.15) is 0 Å². The van der Waals surface area contributed by atoms with Crippen molar-refractivity contribution < 1.29 is 24.9 Å². The molecular formula is C11H14N2O5. The average Bonchev–Trinajstić information content (AvgIpc) is 2.66. The van der Waals surface area contributed by atoms with Gasteiger partial charge in [0.15, 0.2) is 5.76 Å². The predicted molar refractivity (Wildman–Crippen MR) is 60.5 cm³/mol. The molecule has 7 nitrogen and oxygen atoms in total. The Morgan fingerprint density at radius 1 is 1.56 bits per heavy atom. The van der Waals surface area contributed by atoms with E-state index >= 15 is 0 Å². The van der Waals surface area contributed by atoms with Gasteiger partial charge in [-0.1, -0.05) is 6.08 Å². The summed E-state index contributed by atoms with van der Waals surface area (Å²) in [6.07, 6.45) is 2.28. The Bertz CT molecular complexity index is 443. The highest BCUT2D eigenvalue weighted by atomic mass is 16.6. The van der Waals surface area contributed by atoms with Crippen LogP contribution in [0.25, 0.3) is 0 Å². The molecular weight excluding hydrogens is 240 g/mol. The first-order valence-electron chi connectivity index (χ1n) is 5.36. The minimum atomic E-state index is -1.30. The number of hydrogen-bond donors (Lipinski definition) is 4. The van der Waals surface area contributed by atoms with Crippen molar-refractivity contribution in [2.45, 2.75) is 24.9 Å². The number of nitrogens with zero attached hydrogens (tertiary/aromatic N) is 1. The number of primary amides is 1. The van der Waals surface area contributed by atoms with Crippen LogP contribution >= 0.6 is 0 Å². The summed E-state index contributed by atoms with van der Waals surface area (Å²) < 4.78 is 5.19. The lowest BCUT2D eigenvalue weighted by molar-refractivity contribution is -0.114. The van der Waals surface area contributed by atoms with E-state index in [1.165, 1.54) is 11.1 Å². The van der Waals surface area contributed by atoms with E-state index in [0.29, 0.717) is 18.3 Å². The number of carbonyl (C=O) groups excluding carboxylic acids is 1. The molecule has 1 amide bonds. The maximum atomic E-state index is 11.1. The van der Waals surface area contributed by atoms with Crippen LogP contribution in [0.3, 0.4) is 0 Å². The lowest BCUT2D eigenvalue weighted by atomic mass is 10.1. The van der Waals surface area contributed by atoms with Gasteiger partial charge in [-0.3, -0.25) is 4.79 Å². The lowest BCUT2D eigenvalue weighted by Crippen LogP contribution is -2.39. The number of allylic oxidation sites excluding steroid dienone is 1. The van der Waals surface area contributed by atoms with Crippen LogP contribution in [0.5, 0.6) is 0 Å². The molecule has 0 aromatic carbocycles. The fourth-order valence-electron chi connectivity index (χ4n) is 1.85. The molecule has 0 aliphatic carbocycles. The summed E-state index contributed by atoms with van der Waals surface area (Å²) >= 11 is 0. The fourth-order valence-corrected chi connectivity index (χ4v) is 1.85. The van der Waals surface area contributed by atoms with Crippen molar-refractivity contribution >= 4 is 5.91 Å². The van der Waals surface area contributed by atoms with E-state index in [-0.39, 0.29) is 5.76 Å². The predicted octanol–water partition coefficient (Wildman–Crippen LogP) is -0.948. The molecule has 0 saturated carbocycles. The zero-order chi connectivity index (χ0) is 13.3. The van der Waals surface area contributed by atoms with Crippen molar-refractivity contribution in [3.63, 3.8) is 0 Å². The Hall–Kier alpha value is -1.99. The summed E-state index contributed by atoms with van der Waals surface area (Å²) in [5.74, 6) is -0.684. The quantitative estimate of drug-likeness (QED) is 0.472. The molecule has 0 spiro atoms. The van der Waals surface area contributed by atoms with Crippen LogP contribution in [0.1, 0.15) is 6.42 Å². The van der Waals surface area contributed by atoms with E-state index in [2.05, 4.69) is 0 Å². The Labute approximate surface area is 103 Å². The van der Waals surface area contributed by atoms with E-state index in [1.807, 2.05) is 0 Å². The minimum absolute atomic E-state index is 0.125. The van der Waals surface area contributed by atoms with Gasteiger partial charge in [-0.15, -0.1) is 0 Å². The fraction of sp³-hybridized carbons (Fsp3) is 0.364. The van der Waals surface area contributed by atoms with Crippen LogP contribution < -0.4 is 5.73 Å². The van der Waals surface area contributed by atoms with Gasteiger partial charge in [-0.05, 0) is 6.42 Å². The Kier molecular flexibility index (Phi) is 3.26. The third kappa shape index (κ3) is 2.05. The summed E-state index contributed by atoms with van der Waals surface area (Å²) in [6, 6.07) is 0. The van der Waals surface area contributed by atoms with Gasteiger partial charge in [0.1, 0.15) is 18.5 Å². The van der Waals surface area contributed by atoms with Crippen molar-refractivity contribution in [1.82, 2.24) is 4.90 Å². The van der Waals surface area contributed by atoms with Crippen LogP contribution in [0.4, 0.5) is 0 Å². The molecule has 0 unspecified atom stereocenters. The maximum absolute atomic E-state index is 11.1. The Balaban J connectivity index is 2.20. The van der Waals surface area contributed by atoms with Gasteiger partial charge in [0.05, 0.1) is 0 Å². The number of carbonyl (C=O) groups is 1. The second kappa shape index (κ2) is 4.71. The molecule has 0 aromatic heterocycles. The number of amides is 1. The molecule has 5 N–H and O–H groups in total. The van der Waals surface area contributed by atoms with Gasteiger partial charge in [0.2, 0.25) is 12.1 Å². The molecule has 0 aromatic rings. The van der Waals surface area contributed by atoms with Gasteiger partial charge in [0.25, 0.3) is 0 Å². The minimum Gasteiger partial charge on any atom is -0.512 e. The second-order valence-corrected chi connectivity index (χ2v) is 4.03. The topological polar surface area (TPSA) is 116 Å². The first-order chi connectivity index (χ1) is 8.54. The van der Waals surface area contributed by atoms with Crippen LogP contribution in [0.15, 0.2) is 36.1 Å². The van der Waals surface area contributed by atoms with Gasteiger partial charge >= 0.3 is 0 Å². The lowest BCUT2D eigenvalue weighted by Gasteiger charge is -2.27. The highest BCUT2D eigenvalue weighted by Crippen LogP contribution is 2.28. The van der Waals surface area contributed by atoms with Crippen LogP contribution in [-0.2, 0) is 9.53 Å². The van der Waals surface area contributed by atoms with Crippen molar-refractivity contribution in [2.24, 2.45) is 5.73 Å². The molecule has 2 aliphatic heterocycles. The summed E-state index contributed by atoms with van der Waals surface area (Å²) in [6.45, 7) is 0. The van der Waals surface area contributed by atoms with E-state index in [9.17, 15) is 15.0 Å². The van der Waals surface area contributed by atoms with Crippen molar-refractivity contribution in [1.29, 1.82) is 0 Å². The molecule has 0 bridgehead atoms. The van der Waals surface area contributed by atoms with E-state index in [1.54, 1.807) is 12.3 Å². The molecule has 98 valence electrons. The first kappa shape index (κ1) is 12.5. The van der Waals surface area contributed by atoms with E-state index < -0.39 is 24.3 Å². The number of nitrogens with two attached hydrogens (primary N) is 1. The number of rotatable bonds is 2. The third-order valence-electron chi connectivity index (χ3n) is 2.82. The molecule has 18 heavy (non-hydrogen) atoms. The largest absolute Gasteiger partial charge is 0.512 e. The van der Waals surface area contributed by atoms with Gasteiger partial charge in [-0.25, -0.2) is 0 Å². The summed E-state index contributed by atoms with van der Waals surface area (Å²) in [5.41, 5.74) is 5.54. The smallest absolute Gasteiger partial charge is 0.246 e. The standard InChI is InChI=1S/C11H14N2O5/c12-10(17)6-2-1-3-13(4-6)11-9(16)8(15)7(5-14)18-11/h1,3-5,8-9,11,14-16H,2H2,(H2,12,17)/b7-5+/t8-,9-,11-/m1/s1. The maximum Gasteiger partial charge on any atom is 0.246 e. The highest BCUT2D eigenvalue weighted by molar-refractivity contribution is 5.92. The van der Waals surface area contributed by atoms with Gasteiger partial charge < -0.3 is 30.7 Å². The third-order valence-corrected chi connectivity index (χ3v) is 2.82. The normalized spacial score (nSPS) is 33.4. The summed E-state index contributed by atoms with van der Waals surface area (Å²) in [7, 11) is 0. The van der Waals surface area contributed by atoms with E-state index in [4.69, 9.17) is 15.6 Å². The average molecular weight is 254 g/mol. The van der Waals surface area contributed by atoms with Crippen molar-refractivity contribution in [3.8, 4) is 0 Å². The second-order valence-electron chi connectivity index (χ2n) is 4.03. The molecule has 1 fully saturated rings. The number of ether oxygens (including phenoxy) is 1. The monoisotopic (exact) mass is 254 g/mol. The highest BCUT2D eigenvalue weighted by Gasteiger charge is 2.42. The molecule has 2 heterocycles. The van der Waals surface area contributed by atoms with Crippen LogP contribution in [0, 0.1) is 0 Å². The van der Waals surface area contributed by atoms with E-state index in [0.717, 1.165) is 0 Å². The molecule has 0 radical (unpaired) electrons. The zero-order valence-corrected chi connectivity index (χ0v) is 9.43. The number of aliphatic hydroxyl groups is 3. The number of aliphatic hydroxyl groups excluding tert-OH is 3. The van der Waals surface area contributed by atoms with Crippen LogP contribution in [0.2, 0.25) is 0 Å². The Morgan fingerprint density at radius 3 is 2.83 bits per heavy atom. The molecule has 2 rings (SSSR count). The zero-order valence-electron chi connectivity index (χ0n) is 9.43.